The maximum atomic E-state index is 5.67. The van der Waals surface area contributed by atoms with Crippen LogP contribution in [0.3, 0.4) is 0 Å². The Hall–Kier alpha value is -0.120. The third-order valence-electron chi connectivity index (χ3n) is 3.32. The zero-order valence-electron chi connectivity index (χ0n) is 11.5. The van der Waals surface area contributed by atoms with Crippen molar-refractivity contribution in [1.29, 1.82) is 0 Å². The summed E-state index contributed by atoms with van der Waals surface area (Å²) in [7, 11) is 0. The van der Waals surface area contributed by atoms with Crippen molar-refractivity contribution in [3.63, 3.8) is 0 Å². The summed E-state index contributed by atoms with van der Waals surface area (Å²) < 4.78 is 5.67. The van der Waals surface area contributed by atoms with Gasteiger partial charge < -0.3 is 15.0 Å². The summed E-state index contributed by atoms with van der Waals surface area (Å²) in [5.41, 5.74) is 0. The number of hydrogen-bond acceptors (Lipinski definition) is 3. The van der Waals surface area contributed by atoms with Crippen molar-refractivity contribution in [2.24, 2.45) is 0 Å². The Bertz CT molecular complexity index is 158. The minimum atomic E-state index is 0.919. The highest BCUT2D eigenvalue weighted by atomic mass is 16.5. The van der Waals surface area contributed by atoms with Gasteiger partial charge in [-0.25, -0.2) is 0 Å². The lowest BCUT2D eigenvalue weighted by Crippen LogP contribution is -2.32. The van der Waals surface area contributed by atoms with Crippen LogP contribution in [-0.2, 0) is 4.74 Å². The van der Waals surface area contributed by atoms with E-state index in [1.165, 1.54) is 51.6 Å². The van der Waals surface area contributed by atoms with Gasteiger partial charge in [0.1, 0.15) is 0 Å². The molecule has 102 valence electrons. The molecule has 0 amide bonds. The van der Waals surface area contributed by atoms with Crippen LogP contribution in [0.1, 0.15) is 45.4 Å². The van der Waals surface area contributed by atoms with Crippen molar-refractivity contribution in [3.05, 3.63) is 0 Å². The number of likely N-dealkylation sites (tertiary alicyclic amines) is 1. The first-order valence-corrected chi connectivity index (χ1v) is 7.44. The lowest BCUT2D eigenvalue weighted by molar-refractivity contribution is 0.0941. The monoisotopic (exact) mass is 242 g/mol. The molecule has 3 heteroatoms. The molecule has 0 atom stereocenters. The van der Waals surface area contributed by atoms with Crippen LogP contribution in [0.2, 0.25) is 0 Å². The third-order valence-corrected chi connectivity index (χ3v) is 3.32. The Labute approximate surface area is 107 Å². The number of unbranched alkanes of at least 4 members (excludes halogenated alkanes) is 1. The SMILES string of the molecule is CCCNCCCCOCCN1CCCCC1. The third kappa shape index (κ3) is 8.58. The molecule has 1 N–H and O–H groups in total. The van der Waals surface area contributed by atoms with Crippen LogP contribution in [0.25, 0.3) is 0 Å². The molecule has 0 aromatic rings. The molecule has 0 unspecified atom stereocenters. The molecule has 1 fully saturated rings. The Kier molecular flexibility index (Phi) is 9.66. The second-order valence-corrected chi connectivity index (χ2v) is 4.97. The Morgan fingerprint density at radius 3 is 2.59 bits per heavy atom. The molecule has 0 spiro atoms. The van der Waals surface area contributed by atoms with Crippen LogP contribution in [0.15, 0.2) is 0 Å². The fourth-order valence-electron chi connectivity index (χ4n) is 2.23. The summed E-state index contributed by atoms with van der Waals surface area (Å²) in [6.45, 7) is 10.0. The van der Waals surface area contributed by atoms with E-state index < -0.39 is 0 Å². The van der Waals surface area contributed by atoms with Gasteiger partial charge in [-0.05, 0) is 58.3 Å². The first kappa shape index (κ1) is 14.9. The average Bonchev–Trinajstić information content (AvgIpc) is 2.38. The summed E-state index contributed by atoms with van der Waals surface area (Å²) in [6.07, 6.45) is 7.83. The van der Waals surface area contributed by atoms with E-state index in [1.54, 1.807) is 0 Å². The van der Waals surface area contributed by atoms with Crippen LogP contribution < -0.4 is 5.32 Å². The average molecular weight is 242 g/mol. The first-order chi connectivity index (χ1) is 8.43. The minimum Gasteiger partial charge on any atom is -0.380 e. The molecule has 0 radical (unpaired) electrons. The maximum absolute atomic E-state index is 5.67. The van der Waals surface area contributed by atoms with E-state index in [2.05, 4.69) is 17.1 Å². The Morgan fingerprint density at radius 2 is 1.82 bits per heavy atom. The highest BCUT2D eigenvalue weighted by Crippen LogP contribution is 2.07. The molecule has 0 aromatic carbocycles. The number of rotatable bonds is 10. The topological polar surface area (TPSA) is 24.5 Å². The van der Waals surface area contributed by atoms with Gasteiger partial charge in [0.25, 0.3) is 0 Å². The van der Waals surface area contributed by atoms with E-state index >= 15 is 0 Å². The molecular formula is C14H30N2O. The largest absolute Gasteiger partial charge is 0.380 e. The van der Waals surface area contributed by atoms with E-state index in [1.807, 2.05) is 0 Å². The normalized spacial score (nSPS) is 17.5. The van der Waals surface area contributed by atoms with Crippen molar-refractivity contribution in [2.75, 3.05) is 45.9 Å². The number of ether oxygens (including phenoxy) is 1. The van der Waals surface area contributed by atoms with E-state index in [4.69, 9.17) is 4.74 Å². The number of hydrogen-bond donors (Lipinski definition) is 1. The van der Waals surface area contributed by atoms with Gasteiger partial charge in [0, 0.05) is 13.2 Å². The van der Waals surface area contributed by atoms with Crippen LogP contribution in [0.4, 0.5) is 0 Å². The summed E-state index contributed by atoms with van der Waals surface area (Å²) >= 11 is 0. The molecule has 17 heavy (non-hydrogen) atoms. The fourth-order valence-corrected chi connectivity index (χ4v) is 2.23. The molecule has 1 aliphatic heterocycles. The fraction of sp³-hybridized carbons (Fsp3) is 1.00. The van der Waals surface area contributed by atoms with Gasteiger partial charge in [0.2, 0.25) is 0 Å². The van der Waals surface area contributed by atoms with Crippen LogP contribution in [0, 0.1) is 0 Å². The van der Waals surface area contributed by atoms with Gasteiger partial charge in [-0.15, -0.1) is 0 Å². The zero-order valence-corrected chi connectivity index (χ0v) is 11.5. The van der Waals surface area contributed by atoms with Crippen molar-refractivity contribution in [2.45, 2.75) is 45.4 Å². The predicted molar refractivity (Wildman–Crippen MR) is 73.5 cm³/mol. The highest BCUT2D eigenvalue weighted by molar-refractivity contribution is 4.63. The molecule has 0 bridgehead atoms. The molecule has 1 rings (SSSR count). The summed E-state index contributed by atoms with van der Waals surface area (Å²) in [4.78, 5) is 2.53. The second kappa shape index (κ2) is 11.0. The van der Waals surface area contributed by atoms with Crippen LogP contribution in [0.5, 0.6) is 0 Å². The minimum absolute atomic E-state index is 0.919. The van der Waals surface area contributed by atoms with Crippen molar-refractivity contribution >= 4 is 0 Å². The molecular weight excluding hydrogens is 212 g/mol. The molecule has 1 aliphatic rings. The van der Waals surface area contributed by atoms with Gasteiger partial charge in [-0.1, -0.05) is 13.3 Å². The molecule has 0 aromatic heterocycles. The standard InChI is InChI=1S/C14H30N2O/c1-2-8-15-9-4-7-13-17-14-12-16-10-5-3-6-11-16/h15H,2-14H2,1H3. The van der Waals surface area contributed by atoms with E-state index in [-0.39, 0.29) is 0 Å². The van der Waals surface area contributed by atoms with E-state index in [0.29, 0.717) is 0 Å². The summed E-state index contributed by atoms with van der Waals surface area (Å²) in [5, 5.41) is 3.41. The van der Waals surface area contributed by atoms with Crippen molar-refractivity contribution in [3.8, 4) is 0 Å². The van der Waals surface area contributed by atoms with Crippen LogP contribution >= 0.6 is 0 Å². The quantitative estimate of drug-likeness (QED) is 0.595. The molecule has 3 nitrogen and oxygen atoms in total. The van der Waals surface area contributed by atoms with Gasteiger partial charge >= 0.3 is 0 Å². The molecule has 0 saturated carbocycles. The lowest BCUT2D eigenvalue weighted by atomic mass is 10.1. The Balaban J connectivity index is 1.75. The lowest BCUT2D eigenvalue weighted by Gasteiger charge is -2.26. The van der Waals surface area contributed by atoms with E-state index in [9.17, 15) is 0 Å². The maximum Gasteiger partial charge on any atom is 0.0593 e. The van der Waals surface area contributed by atoms with Gasteiger partial charge in [-0.3, -0.25) is 0 Å². The van der Waals surface area contributed by atoms with Gasteiger partial charge in [-0.2, -0.15) is 0 Å². The Morgan fingerprint density at radius 1 is 1.00 bits per heavy atom. The summed E-state index contributed by atoms with van der Waals surface area (Å²) in [5.74, 6) is 0. The van der Waals surface area contributed by atoms with Gasteiger partial charge in [0.15, 0.2) is 0 Å². The molecule has 1 heterocycles. The first-order valence-electron chi connectivity index (χ1n) is 7.44. The van der Waals surface area contributed by atoms with Crippen LogP contribution in [-0.4, -0.2) is 50.8 Å². The van der Waals surface area contributed by atoms with Crippen molar-refractivity contribution < 1.29 is 4.74 Å². The number of nitrogens with zero attached hydrogens (tertiary/aromatic N) is 1. The summed E-state index contributed by atoms with van der Waals surface area (Å²) in [6, 6.07) is 0. The number of nitrogens with one attached hydrogen (secondary N) is 1. The highest BCUT2D eigenvalue weighted by Gasteiger charge is 2.08. The molecule has 0 aliphatic carbocycles. The predicted octanol–water partition coefficient (Wildman–Crippen LogP) is 2.27. The van der Waals surface area contributed by atoms with Gasteiger partial charge in [0.05, 0.1) is 6.61 Å². The number of piperidine rings is 1. The molecule has 1 saturated heterocycles. The second-order valence-electron chi connectivity index (χ2n) is 4.97. The smallest absolute Gasteiger partial charge is 0.0593 e. The zero-order chi connectivity index (χ0) is 12.2. The van der Waals surface area contributed by atoms with E-state index in [0.717, 1.165) is 32.8 Å². The van der Waals surface area contributed by atoms with Crippen molar-refractivity contribution in [1.82, 2.24) is 10.2 Å².